The number of pyridine rings is 1. The van der Waals surface area contributed by atoms with E-state index in [2.05, 4.69) is 15.3 Å². The van der Waals surface area contributed by atoms with Gasteiger partial charge >= 0.3 is 0 Å². The van der Waals surface area contributed by atoms with Crippen LogP contribution in [0.15, 0.2) is 67.5 Å². The lowest BCUT2D eigenvalue weighted by atomic mass is 10.00. The number of nitrogens with one attached hydrogen (secondary N) is 1. The predicted molar refractivity (Wildman–Crippen MR) is 87.9 cm³/mol. The zero-order valence-corrected chi connectivity index (χ0v) is 13.0. The van der Waals surface area contributed by atoms with E-state index in [0.29, 0.717) is 5.02 Å². The molecule has 1 atom stereocenters. The largest absolute Gasteiger partial charge is 0.344 e. The molecule has 0 radical (unpaired) electrons. The Hall–Kier alpha value is -2.66. The molecule has 1 unspecified atom stereocenters. The summed E-state index contributed by atoms with van der Waals surface area (Å²) in [6.45, 7) is 0.213. The van der Waals surface area contributed by atoms with Crippen LogP contribution in [-0.2, 0) is 11.3 Å². The molecule has 0 aliphatic heterocycles. The van der Waals surface area contributed by atoms with Crippen LogP contribution in [0.5, 0.6) is 0 Å². The van der Waals surface area contributed by atoms with Crippen molar-refractivity contribution in [2.75, 3.05) is 0 Å². The maximum Gasteiger partial charge on any atom is 0.240 e. The molecule has 1 amide bonds. The molecule has 1 N–H and O–H groups in total. The van der Waals surface area contributed by atoms with Crippen molar-refractivity contribution in [2.45, 2.75) is 12.6 Å². The zero-order valence-electron chi connectivity index (χ0n) is 12.3. The lowest BCUT2D eigenvalue weighted by Crippen LogP contribution is -2.32. The molecule has 2 heterocycles. The van der Waals surface area contributed by atoms with Crippen molar-refractivity contribution >= 4 is 17.5 Å². The Morgan fingerprint density at radius 3 is 2.61 bits per heavy atom. The Labute approximate surface area is 139 Å². The molecule has 5 nitrogen and oxygen atoms in total. The van der Waals surface area contributed by atoms with Gasteiger partial charge in [0.1, 0.15) is 6.54 Å². The van der Waals surface area contributed by atoms with Gasteiger partial charge in [0.2, 0.25) is 5.91 Å². The summed E-state index contributed by atoms with van der Waals surface area (Å²) in [4.78, 5) is 20.4. The SMILES string of the molecule is O=C(Cn1ccnc1)NC(c1ccc(Cl)cc1)c1cccnc1. The first-order valence-corrected chi connectivity index (χ1v) is 7.50. The quantitative estimate of drug-likeness (QED) is 0.784. The van der Waals surface area contributed by atoms with Gasteiger partial charge in [0, 0.05) is 29.8 Å². The number of imidazole rings is 1. The summed E-state index contributed by atoms with van der Waals surface area (Å²) >= 11 is 5.95. The number of nitrogens with zero attached hydrogens (tertiary/aromatic N) is 3. The zero-order chi connectivity index (χ0) is 16.1. The smallest absolute Gasteiger partial charge is 0.240 e. The van der Waals surface area contributed by atoms with E-state index in [1.165, 1.54) is 0 Å². The van der Waals surface area contributed by atoms with E-state index in [1.807, 2.05) is 36.4 Å². The van der Waals surface area contributed by atoms with Crippen molar-refractivity contribution in [2.24, 2.45) is 0 Å². The van der Waals surface area contributed by atoms with E-state index >= 15 is 0 Å². The molecule has 0 saturated heterocycles. The monoisotopic (exact) mass is 326 g/mol. The number of benzene rings is 1. The maximum atomic E-state index is 12.3. The summed E-state index contributed by atoms with van der Waals surface area (Å²) in [7, 11) is 0. The summed E-state index contributed by atoms with van der Waals surface area (Å²) in [5.74, 6) is -0.105. The fourth-order valence-corrected chi connectivity index (χ4v) is 2.44. The third kappa shape index (κ3) is 3.96. The second-order valence-corrected chi connectivity index (χ2v) is 5.51. The molecule has 3 rings (SSSR count). The highest BCUT2D eigenvalue weighted by Crippen LogP contribution is 2.23. The van der Waals surface area contributed by atoms with Gasteiger partial charge in [-0.15, -0.1) is 0 Å². The molecule has 0 spiro atoms. The number of rotatable bonds is 5. The van der Waals surface area contributed by atoms with Gasteiger partial charge < -0.3 is 9.88 Å². The number of carbonyl (C=O) groups is 1. The molecular weight excluding hydrogens is 312 g/mol. The number of hydrogen-bond acceptors (Lipinski definition) is 3. The first kappa shape index (κ1) is 15.2. The first-order valence-electron chi connectivity index (χ1n) is 7.13. The Morgan fingerprint density at radius 2 is 1.96 bits per heavy atom. The van der Waals surface area contributed by atoms with Crippen LogP contribution < -0.4 is 5.32 Å². The van der Waals surface area contributed by atoms with Crippen LogP contribution in [0.2, 0.25) is 5.02 Å². The fourth-order valence-electron chi connectivity index (χ4n) is 2.31. The molecule has 1 aromatic carbocycles. The molecule has 6 heteroatoms. The molecule has 2 aromatic heterocycles. The van der Waals surface area contributed by atoms with E-state index < -0.39 is 0 Å². The summed E-state index contributed by atoms with van der Waals surface area (Å²) in [5, 5.41) is 3.69. The van der Waals surface area contributed by atoms with Gasteiger partial charge in [-0.05, 0) is 29.3 Å². The molecular formula is C17H15ClN4O. The summed E-state index contributed by atoms with van der Waals surface area (Å²) in [5.41, 5.74) is 1.86. The van der Waals surface area contributed by atoms with Gasteiger partial charge in [0.05, 0.1) is 12.4 Å². The lowest BCUT2D eigenvalue weighted by Gasteiger charge is -2.19. The van der Waals surface area contributed by atoms with Crippen LogP contribution in [0.25, 0.3) is 0 Å². The average Bonchev–Trinajstić information content (AvgIpc) is 3.07. The molecule has 0 aliphatic carbocycles. The number of carbonyl (C=O) groups excluding carboxylic acids is 1. The van der Waals surface area contributed by atoms with Gasteiger partial charge in [-0.2, -0.15) is 0 Å². The standard InChI is InChI=1S/C17H15ClN4O/c18-15-5-3-13(4-6-15)17(14-2-1-7-19-10-14)21-16(23)11-22-9-8-20-12-22/h1-10,12,17H,11H2,(H,21,23). The topological polar surface area (TPSA) is 59.8 Å². The van der Waals surface area contributed by atoms with Crippen LogP contribution in [0, 0.1) is 0 Å². The van der Waals surface area contributed by atoms with Crippen molar-refractivity contribution in [1.82, 2.24) is 19.9 Å². The molecule has 23 heavy (non-hydrogen) atoms. The number of halogens is 1. The van der Waals surface area contributed by atoms with Crippen LogP contribution in [-0.4, -0.2) is 20.4 Å². The fraction of sp³-hybridized carbons (Fsp3) is 0.118. The number of hydrogen-bond donors (Lipinski definition) is 1. The summed E-state index contributed by atoms with van der Waals surface area (Å²) in [6, 6.07) is 10.9. The van der Waals surface area contributed by atoms with Crippen LogP contribution in [0.4, 0.5) is 0 Å². The second-order valence-electron chi connectivity index (χ2n) is 5.07. The van der Waals surface area contributed by atoms with Crippen molar-refractivity contribution in [1.29, 1.82) is 0 Å². The minimum Gasteiger partial charge on any atom is -0.344 e. The van der Waals surface area contributed by atoms with Crippen LogP contribution in [0.3, 0.4) is 0 Å². The van der Waals surface area contributed by atoms with E-state index in [1.54, 1.807) is 35.7 Å². The molecule has 0 saturated carbocycles. The maximum absolute atomic E-state index is 12.3. The first-order chi connectivity index (χ1) is 11.2. The highest BCUT2D eigenvalue weighted by Gasteiger charge is 2.17. The minimum absolute atomic E-state index is 0.105. The highest BCUT2D eigenvalue weighted by molar-refractivity contribution is 6.30. The van der Waals surface area contributed by atoms with Gasteiger partial charge in [0.25, 0.3) is 0 Å². The average molecular weight is 327 g/mol. The third-order valence-electron chi connectivity index (χ3n) is 3.41. The highest BCUT2D eigenvalue weighted by atomic mass is 35.5. The summed E-state index contributed by atoms with van der Waals surface area (Å²) in [6.07, 6.45) is 8.46. The predicted octanol–water partition coefficient (Wildman–Crippen LogP) is 2.84. The Morgan fingerprint density at radius 1 is 1.13 bits per heavy atom. The third-order valence-corrected chi connectivity index (χ3v) is 3.66. The van der Waals surface area contributed by atoms with Crippen molar-refractivity contribution in [3.05, 3.63) is 83.7 Å². The van der Waals surface area contributed by atoms with Crippen LogP contribution in [0.1, 0.15) is 17.2 Å². The number of amides is 1. The lowest BCUT2D eigenvalue weighted by molar-refractivity contribution is -0.122. The normalized spacial score (nSPS) is 11.9. The molecule has 0 fully saturated rings. The van der Waals surface area contributed by atoms with Gasteiger partial charge in [-0.25, -0.2) is 4.98 Å². The molecule has 0 bridgehead atoms. The van der Waals surface area contributed by atoms with Crippen molar-refractivity contribution < 1.29 is 4.79 Å². The van der Waals surface area contributed by atoms with E-state index in [0.717, 1.165) is 11.1 Å². The van der Waals surface area contributed by atoms with E-state index in [4.69, 9.17) is 11.6 Å². The summed E-state index contributed by atoms with van der Waals surface area (Å²) < 4.78 is 1.72. The number of aromatic nitrogens is 3. The van der Waals surface area contributed by atoms with E-state index in [9.17, 15) is 4.79 Å². The van der Waals surface area contributed by atoms with Gasteiger partial charge in [-0.1, -0.05) is 29.8 Å². The van der Waals surface area contributed by atoms with Crippen molar-refractivity contribution in [3.63, 3.8) is 0 Å². The van der Waals surface area contributed by atoms with Gasteiger partial charge in [0.15, 0.2) is 0 Å². The van der Waals surface area contributed by atoms with Crippen LogP contribution >= 0.6 is 11.6 Å². The van der Waals surface area contributed by atoms with E-state index in [-0.39, 0.29) is 18.5 Å². The minimum atomic E-state index is -0.281. The Kier molecular flexibility index (Phi) is 4.68. The Balaban J connectivity index is 1.83. The van der Waals surface area contributed by atoms with Gasteiger partial charge in [-0.3, -0.25) is 9.78 Å². The molecule has 3 aromatic rings. The Bertz CT molecular complexity index is 757. The van der Waals surface area contributed by atoms with Crippen molar-refractivity contribution in [3.8, 4) is 0 Å². The molecule has 116 valence electrons. The molecule has 0 aliphatic rings. The second kappa shape index (κ2) is 7.07.